The second kappa shape index (κ2) is 10.6. The number of benzene rings is 2. The minimum atomic E-state index is -5.46. The van der Waals surface area contributed by atoms with Crippen molar-refractivity contribution in [2.75, 3.05) is 24.3 Å². The van der Waals surface area contributed by atoms with Gasteiger partial charge in [0.1, 0.15) is 23.1 Å². The van der Waals surface area contributed by atoms with Crippen LogP contribution in [0.1, 0.15) is 33.6 Å². The van der Waals surface area contributed by atoms with Crippen LogP contribution in [0.15, 0.2) is 46.2 Å². The highest BCUT2D eigenvalue weighted by molar-refractivity contribution is 7.98. The van der Waals surface area contributed by atoms with Crippen molar-refractivity contribution in [2.45, 2.75) is 54.6 Å². The molecule has 0 spiro atoms. The third-order valence-electron chi connectivity index (χ3n) is 6.28. The number of carboxylic acid groups (broad SMARTS) is 1. The average molecular weight is 582 g/mol. The highest BCUT2D eigenvalue weighted by Gasteiger charge is 2.56. The molecule has 2 aromatic rings. The maximum absolute atomic E-state index is 15.7. The standard InChI is InChI=1S/C25H28F5NO5S2/c1-23(2,22(32)33)14-36-19-12-21-18(11-20(19)37-4)31(17-7-5-6-16(26)10-17)13-15(8-9-24(3,27)28)25(29,30)38(21,34)35/h5-7,10-12,15H,8-9,13-14H2,1-4H3,(H,32,33)/t15-/m0/s1. The van der Waals surface area contributed by atoms with E-state index in [1.807, 2.05) is 0 Å². The summed E-state index contributed by atoms with van der Waals surface area (Å²) in [6, 6.07) is 7.05. The van der Waals surface area contributed by atoms with Crippen LogP contribution in [-0.2, 0) is 14.6 Å². The number of rotatable bonds is 9. The van der Waals surface area contributed by atoms with Crippen molar-refractivity contribution in [2.24, 2.45) is 11.3 Å². The van der Waals surface area contributed by atoms with E-state index >= 15 is 8.78 Å². The highest BCUT2D eigenvalue weighted by Crippen LogP contribution is 2.50. The Morgan fingerprint density at radius 2 is 1.87 bits per heavy atom. The van der Waals surface area contributed by atoms with Gasteiger partial charge in [0, 0.05) is 24.7 Å². The van der Waals surface area contributed by atoms with Crippen LogP contribution in [0, 0.1) is 17.2 Å². The topological polar surface area (TPSA) is 83.9 Å². The maximum atomic E-state index is 15.7. The van der Waals surface area contributed by atoms with Gasteiger partial charge in [0.25, 0.3) is 0 Å². The summed E-state index contributed by atoms with van der Waals surface area (Å²) < 4.78 is 105. The van der Waals surface area contributed by atoms with E-state index in [1.165, 1.54) is 36.9 Å². The molecule has 1 aliphatic rings. The van der Waals surface area contributed by atoms with Gasteiger partial charge in [-0.3, -0.25) is 4.79 Å². The van der Waals surface area contributed by atoms with E-state index in [9.17, 15) is 31.5 Å². The molecule has 13 heteroatoms. The van der Waals surface area contributed by atoms with Crippen molar-refractivity contribution in [1.29, 1.82) is 0 Å². The lowest BCUT2D eigenvalue weighted by molar-refractivity contribution is -0.148. The Morgan fingerprint density at radius 1 is 1.21 bits per heavy atom. The zero-order valence-electron chi connectivity index (χ0n) is 21.1. The molecule has 0 fully saturated rings. The Bertz CT molecular complexity index is 1310. The third-order valence-corrected chi connectivity index (χ3v) is 9.00. The predicted molar refractivity (Wildman–Crippen MR) is 134 cm³/mol. The molecule has 2 aromatic carbocycles. The molecule has 0 saturated heterocycles. The van der Waals surface area contributed by atoms with Crippen LogP contribution in [0.2, 0.25) is 0 Å². The van der Waals surface area contributed by atoms with Crippen molar-refractivity contribution in [1.82, 2.24) is 0 Å². The SMILES string of the molecule is CSc1cc2c(cc1OCC(C)(C)C(=O)O)S(=O)(=O)C(F)(F)[C@@H](CCC(C)(F)F)CN2c1cccc(F)c1. The number of thioether (sulfide) groups is 1. The Kier molecular flexibility index (Phi) is 8.33. The largest absolute Gasteiger partial charge is 0.491 e. The number of sulfone groups is 1. The fraction of sp³-hybridized carbons (Fsp3) is 0.480. The number of anilines is 2. The molecular formula is C25H28F5NO5S2. The fourth-order valence-corrected chi connectivity index (χ4v) is 6.10. The fourth-order valence-electron chi connectivity index (χ4n) is 3.92. The van der Waals surface area contributed by atoms with Crippen LogP contribution in [0.4, 0.5) is 33.3 Å². The Balaban J connectivity index is 2.24. The lowest BCUT2D eigenvalue weighted by atomic mass is 9.95. The molecule has 0 unspecified atom stereocenters. The van der Waals surface area contributed by atoms with Gasteiger partial charge < -0.3 is 14.7 Å². The van der Waals surface area contributed by atoms with Crippen molar-refractivity contribution in [3.8, 4) is 5.75 Å². The van der Waals surface area contributed by atoms with Gasteiger partial charge in [-0.1, -0.05) is 6.07 Å². The van der Waals surface area contributed by atoms with E-state index in [2.05, 4.69) is 0 Å². The first-order chi connectivity index (χ1) is 17.4. The van der Waals surface area contributed by atoms with Gasteiger partial charge in [-0.05, 0) is 57.7 Å². The summed E-state index contributed by atoms with van der Waals surface area (Å²) in [6.45, 7) is 2.23. The molecule has 1 atom stereocenters. The smallest absolute Gasteiger partial charge is 0.354 e. The first-order valence-corrected chi connectivity index (χ1v) is 14.2. The second-order valence-corrected chi connectivity index (χ2v) is 12.7. The summed E-state index contributed by atoms with van der Waals surface area (Å²) in [6.07, 6.45) is -0.179. The quantitative estimate of drug-likeness (QED) is 0.264. The molecule has 0 saturated carbocycles. The Hall–Kier alpha value is -2.54. The van der Waals surface area contributed by atoms with Gasteiger partial charge in [-0.25, -0.2) is 21.6 Å². The summed E-state index contributed by atoms with van der Waals surface area (Å²) >= 11 is 1.09. The van der Waals surface area contributed by atoms with Gasteiger partial charge in [-0.15, -0.1) is 11.8 Å². The molecule has 0 radical (unpaired) electrons. The minimum Gasteiger partial charge on any atom is -0.491 e. The molecule has 1 aliphatic heterocycles. The van der Waals surface area contributed by atoms with Gasteiger partial charge in [0.15, 0.2) is 0 Å². The monoisotopic (exact) mass is 581 g/mol. The maximum Gasteiger partial charge on any atom is 0.354 e. The summed E-state index contributed by atoms with van der Waals surface area (Å²) in [4.78, 5) is 12.1. The molecule has 210 valence electrons. The number of carboxylic acids is 1. The molecular weight excluding hydrogens is 553 g/mol. The van der Waals surface area contributed by atoms with Crippen molar-refractivity contribution >= 4 is 38.9 Å². The van der Waals surface area contributed by atoms with Crippen LogP contribution in [0.3, 0.4) is 0 Å². The van der Waals surface area contributed by atoms with E-state index in [1.54, 1.807) is 6.26 Å². The number of nitrogens with zero attached hydrogens (tertiary/aromatic N) is 1. The van der Waals surface area contributed by atoms with Crippen molar-refractivity contribution in [3.63, 3.8) is 0 Å². The summed E-state index contributed by atoms with van der Waals surface area (Å²) in [7, 11) is -5.46. The summed E-state index contributed by atoms with van der Waals surface area (Å²) in [5, 5.41) is 4.92. The number of fused-ring (bicyclic) bond motifs is 1. The van der Waals surface area contributed by atoms with E-state index in [0.29, 0.717) is 11.8 Å². The van der Waals surface area contributed by atoms with E-state index < -0.39 is 75.0 Å². The molecule has 0 aromatic heterocycles. The normalized spacial score (nSPS) is 19.0. The van der Waals surface area contributed by atoms with Crippen molar-refractivity contribution < 1.29 is 45.0 Å². The van der Waals surface area contributed by atoms with E-state index in [0.717, 1.165) is 30.0 Å². The lowest BCUT2D eigenvalue weighted by Crippen LogP contribution is -2.40. The molecule has 6 nitrogen and oxygen atoms in total. The third kappa shape index (κ3) is 6.03. The van der Waals surface area contributed by atoms with Crippen LogP contribution < -0.4 is 9.64 Å². The Labute approximate surface area is 222 Å². The van der Waals surface area contributed by atoms with Gasteiger partial charge in [-0.2, -0.15) is 8.78 Å². The Morgan fingerprint density at radius 3 is 2.42 bits per heavy atom. The first kappa shape index (κ1) is 30.0. The van der Waals surface area contributed by atoms with Gasteiger partial charge in [0.05, 0.1) is 21.9 Å². The van der Waals surface area contributed by atoms with Crippen LogP contribution in [0.5, 0.6) is 5.75 Å². The molecule has 3 rings (SSSR count). The molecule has 0 amide bonds. The number of carbonyl (C=O) groups is 1. The molecule has 1 heterocycles. The van der Waals surface area contributed by atoms with Crippen LogP contribution in [0.25, 0.3) is 0 Å². The second-order valence-electron chi connectivity index (χ2n) is 9.91. The van der Waals surface area contributed by atoms with Gasteiger partial charge >= 0.3 is 11.2 Å². The minimum absolute atomic E-state index is 0.0557. The van der Waals surface area contributed by atoms with Crippen molar-refractivity contribution in [3.05, 3.63) is 42.2 Å². The summed E-state index contributed by atoms with van der Waals surface area (Å²) in [5.41, 5.74) is -1.52. The number of alkyl halides is 4. The number of halogens is 5. The molecule has 0 aliphatic carbocycles. The summed E-state index contributed by atoms with van der Waals surface area (Å²) in [5.74, 6) is -7.40. The van der Waals surface area contributed by atoms with Gasteiger partial charge in [0.2, 0.25) is 15.8 Å². The number of aliphatic carboxylic acids is 1. The lowest BCUT2D eigenvalue weighted by Gasteiger charge is -2.30. The zero-order valence-corrected chi connectivity index (χ0v) is 22.7. The van der Waals surface area contributed by atoms with E-state index in [-0.39, 0.29) is 17.1 Å². The van der Waals surface area contributed by atoms with E-state index in [4.69, 9.17) is 4.74 Å². The number of hydrogen-bond acceptors (Lipinski definition) is 6. The first-order valence-electron chi connectivity index (χ1n) is 11.5. The molecule has 38 heavy (non-hydrogen) atoms. The molecule has 0 bridgehead atoms. The average Bonchev–Trinajstić information content (AvgIpc) is 2.86. The van der Waals surface area contributed by atoms with Crippen LogP contribution in [-0.4, -0.2) is 50.1 Å². The highest BCUT2D eigenvalue weighted by atomic mass is 32.2. The predicted octanol–water partition coefficient (Wildman–Crippen LogP) is 6.61. The van der Waals surface area contributed by atoms with Crippen LogP contribution >= 0.6 is 11.8 Å². The zero-order chi connectivity index (χ0) is 28.7. The number of hydrogen-bond donors (Lipinski definition) is 1. The number of ether oxygens (including phenoxy) is 1. The molecule has 1 N–H and O–H groups in total.